The highest BCUT2D eigenvalue weighted by Crippen LogP contribution is 2.00. The molecule has 0 aromatic carbocycles. The van der Waals surface area contributed by atoms with E-state index in [1.807, 2.05) is 6.54 Å². The first-order chi connectivity index (χ1) is 2.89. The van der Waals surface area contributed by atoms with Crippen LogP contribution in [0.5, 0.6) is 0 Å². The number of hydrogen-bond acceptors (Lipinski definition) is 1. The summed E-state index contributed by atoms with van der Waals surface area (Å²) in [5, 5.41) is 2.93. The third kappa shape index (κ3) is 0.684. The molecule has 0 bridgehead atoms. The van der Waals surface area contributed by atoms with E-state index < -0.39 is 0 Å². The summed E-state index contributed by atoms with van der Waals surface area (Å²) in [6, 6.07) is 0. The first kappa shape index (κ1) is 4.06. The van der Waals surface area contributed by atoms with Crippen molar-refractivity contribution in [1.29, 1.82) is 0 Å². The van der Waals surface area contributed by atoms with Crippen LogP contribution in [0.2, 0.25) is 0 Å². The molecule has 1 fully saturated rings. The molecule has 1 radical (unpaired) electrons. The van der Waals surface area contributed by atoms with E-state index >= 15 is 0 Å². The second-order valence-electron chi connectivity index (χ2n) is 1.31. The van der Waals surface area contributed by atoms with Crippen molar-refractivity contribution in [1.82, 2.24) is 5.32 Å². The van der Waals surface area contributed by atoms with Gasteiger partial charge in [0.25, 0.3) is 0 Å². The van der Waals surface area contributed by atoms with E-state index in [9.17, 15) is 0 Å². The molecular formula is C4H6NS. The van der Waals surface area contributed by atoms with Gasteiger partial charge in [-0.25, -0.2) is 0 Å². The third-order valence-electron chi connectivity index (χ3n) is 0.779. The number of thiocarbonyl (C=S) groups is 1. The predicted octanol–water partition coefficient (Wildman–Crippen LogP) is 0.859. The molecule has 0 spiro atoms. The number of hydrogen-bond donors (Lipinski definition) is 1. The van der Waals surface area contributed by atoms with E-state index in [1.165, 1.54) is 0 Å². The average molecular weight is 100 g/mol. The smallest absolute Gasteiger partial charge is 0.0757 e. The molecule has 33 valence electrons. The molecule has 2 heteroatoms. The Morgan fingerprint density at radius 1 is 1.83 bits per heavy atom. The first-order valence-corrected chi connectivity index (χ1v) is 2.41. The van der Waals surface area contributed by atoms with Gasteiger partial charge in [0.1, 0.15) is 0 Å². The highest BCUT2D eigenvalue weighted by Gasteiger charge is 2.01. The summed E-state index contributed by atoms with van der Waals surface area (Å²) in [5.74, 6) is 0. The van der Waals surface area contributed by atoms with Crippen LogP contribution in [0.15, 0.2) is 0 Å². The van der Waals surface area contributed by atoms with Crippen molar-refractivity contribution in [2.24, 2.45) is 0 Å². The minimum absolute atomic E-state index is 0.981. The van der Waals surface area contributed by atoms with Gasteiger partial charge in [-0.15, -0.1) is 0 Å². The van der Waals surface area contributed by atoms with E-state index in [2.05, 4.69) is 5.32 Å². The summed E-state index contributed by atoms with van der Waals surface area (Å²) in [4.78, 5) is 0.981. The number of rotatable bonds is 0. The molecule has 0 saturated carbocycles. The fraction of sp³-hybridized carbons (Fsp3) is 0.500. The lowest BCUT2D eigenvalue weighted by atomic mass is 10.4. The molecule has 0 aromatic heterocycles. The van der Waals surface area contributed by atoms with Gasteiger partial charge in [-0.05, 0) is 12.8 Å². The van der Waals surface area contributed by atoms with Crippen molar-refractivity contribution >= 4 is 17.2 Å². The lowest BCUT2D eigenvalue weighted by Gasteiger charge is -1.83. The monoisotopic (exact) mass is 100 g/mol. The van der Waals surface area contributed by atoms with E-state index in [0.717, 1.165) is 17.8 Å². The Morgan fingerprint density at radius 2 is 2.67 bits per heavy atom. The van der Waals surface area contributed by atoms with Crippen molar-refractivity contribution < 1.29 is 0 Å². The van der Waals surface area contributed by atoms with Gasteiger partial charge in [-0.3, -0.25) is 0 Å². The van der Waals surface area contributed by atoms with Gasteiger partial charge in [0.05, 0.1) is 4.99 Å². The third-order valence-corrected chi connectivity index (χ3v) is 1.10. The second kappa shape index (κ2) is 1.56. The van der Waals surface area contributed by atoms with Gasteiger partial charge in [0, 0.05) is 6.54 Å². The maximum absolute atomic E-state index is 4.78. The molecule has 0 aliphatic carbocycles. The summed E-state index contributed by atoms with van der Waals surface area (Å²) in [5.41, 5.74) is 0. The predicted molar refractivity (Wildman–Crippen MR) is 29.3 cm³/mol. The minimum atomic E-state index is 0.981. The van der Waals surface area contributed by atoms with Gasteiger partial charge in [0.15, 0.2) is 0 Å². The van der Waals surface area contributed by atoms with Gasteiger partial charge in [-0.2, -0.15) is 0 Å². The van der Waals surface area contributed by atoms with Crippen LogP contribution in [0.25, 0.3) is 0 Å². The molecule has 1 aliphatic rings. The van der Waals surface area contributed by atoms with Gasteiger partial charge in [0.2, 0.25) is 0 Å². The first-order valence-electron chi connectivity index (χ1n) is 2.00. The van der Waals surface area contributed by atoms with Crippen molar-refractivity contribution in [2.75, 3.05) is 0 Å². The van der Waals surface area contributed by atoms with Crippen LogP contribution in [0.3, 0.4) is 0 Å². The summed E-state index contributed by atoms with van der Waals surface area (Å²) in [6.07, 6.45) is 2.16. The average Bonchev–Trinajstić information content (AvgIpc) is 1.86. The SMILES string of the molecule is S=C1CC[CH]N1. The highest BCUT2D eigenvalue weighted by molar-refractivity contribution is 7.80. The van der Waals surface area contributed by atoms with Crippen LogP contribution >= 0.6 is 12.2 Å². The highest BCUT2D eigenvalue weighted by atomic mass is 32.1. The lowest BCUT2D eigenvalue weighted by Crippen LogP contribution is -2.06. The Balaban J connectivity index is 2.37. The summed E-state index contributed by atoms with van der Waals surface area (Å²) in [6.45, 7) is 1.99. The van der Waals surface area contributed by atoms with E-state index in [0.29, 0.717) is 0 Å². The molecule has 1 nitrogen and oxygen atoms in total. The molecule has 1 saturated heterocycles. The van der Waals surface area contributed by atoms with E-state index in [4.69, 9.17) is 12.2 Å². The summed E-state index contributed by atoms with van der Waals surface area (Å²) >= 11 is 4.78. The van der Waals surface area contributed by atoms with E-state index in [-0.39, 0.29) is 0 Å². The van der Waals surface area contributed by atoms with Crippen molar-refractivity contribution in [3.63, 3.8) is 0 Å². The second-order valence-corrected chi connectivity index (χ2v) is 1.80. The zero-order valence-electron chi connectivity index (χ0n) is 3.40. The fourth-order valence-corrected chi connectivity index (χ4v) is 0.663. The van der Waals surface area contributed by atoms with E-state index in [1.54, 1.807) is 0 Å². The zero-order chi connectivity index (χ0) is 4.41. The topological polar surface area (TPSA) is 12.0 Å². The molecule has 1 heterocycles. The molecule has 1 aliphatic heterocycles. The Morgan fingerprint density at radius 3 is 2.83 bits per heavy atom. The Labute approximate surface area is 42.7 Å². The lowest BCUT2D eigenvalue weighted by molar-refractivity contribution is 1.05. The maximum atomic E-state index is 4.78. The van der Waals surface area contributed by atoms with Crippen LogP contribution in [0, 0.1) is 6.54 Å². The van der Waals surface area contributed by atoms with Crippen LogP contribution in [-0.4, -0.2) is 4.99 Å². The molecule has 1 N–H and O–H groups in total. The molecule has 6 heavy (non-hydrogen) atoms. The normalized spacial score (nSPS) is 21.0. The number of nitrogens with one attached hydrogen (secondary N) is 1. The standard InChI is InChI=1S/C4H6NS/c6-4-2-1-3-5-4/h3H,1-2H2,(H,5,6). The largest absolute Gasteiger partial charge is 0.375 e. The van der Waals surface area contributed by atoms with Gasteiger partial charge >= 0.3 is 0 Å². The van der Waals surface area contributed by atoms with Gasteiger partial charge in [-0.1, -0.05) is 12.2 Å². The van der Waals surface area contributed by atoms with Crippen LogP contribution in [0.1, 0.15) is 12.8 Å². The summed E-state index contributed by atoms with van der Waals surface area (Å²) < 4.78 is 0. The Bertz CT molecular complexity index is 61.9. The molecular weight excluding hydrogens is 94.1 g/mol. The molecule has 0 amide bonds. The molecule has 1 rings (SSSR count). The maximum Gasteiger partial charge on any atom is 0.0757 e. The minimum Gasteiger partial charge on any atom is -0.375 e. The van der Waals surface area contributed by atoms with Crippen molar-refractivity contribution in [3.8, 4) is 0 Å². The molecule has 0 aromatic rings. The fourth-order valence-electron chi connectivity index (χ4n) is 0.461. The van der Waals surface area contributed by atoms with Gasteiger partial charge < -0.3 is 5.32 Å². The summed E-state index contributed by atoms with van der Waals surface area (Å²) in [7, 11) is 0. The van der Waals surface area contributed by atoms with Crippen molar-refractivity contribution in [3.05, 3.63) is 6.54 Å². The van der Waals surface area contributed by atoms with Crippen molar-refractivity contribution in [2.45, 2.75) is 12.8 Å². The Hall–Kier alpha value is -0.110. The van der Waals surface area contributed by atoms with Crippen LogP contribution in [0.4, 0.5) is 0 Å². The molecule has 0 unspecified atom stereocenters. The van der Waals surface area contributed by atoms with Crippen LogP contribution in [-0.2, 0) is 0 Å². The quantitative estimate of drug-likeness (QED) is 0.453. The zero-order valence-corrected chi connectivity index (χ0v) is 4.22. The van der Waals surface area contributed by atoms with Crippen LogP contribution < -0.4 is 5.32 Å². The Kier molecular flexibility index (Phi) is 1.05. The molecule has 0 atom stereocenters.